The summed E-state index contributed by atoms with van der Waals surface area (Å²) in [5.74, 6) is 3.22. The van der Waals surface area contributed by atoms with Crippen LogP contribution in [0.15, 0.2) is 84.0 Å². The summed E-state index contributed by atoms with van der Waals surface area (Å²) in [6.45, 7) is 0. The molecule has 0 bridgehead atoms. The number of benzene rings is 3. The lowest BCUT2D eigenvalue weighted by Gasteiger charge is -2.11. The summed E-state index contributed by atoms with van der Waals surface area (Å²) in [5, 5.41) is 10.2. The van der Waals surface area contributed by atoms with Crippen molar-refractivity contribution in [1.29, 1.82) is 0 Å². The van der Waals surface area contributed by atoms with Crippen LogP contribution in [0.4, 0.5) is 0 Å². The second-order valence-electron chi connectivity index (χ2n) is 6.18. The molecule has 0 unspecified atom stereocenters. The highest BCUT2D eigenvalue weighted by Gasteiger charge is 2.13. The van der Waals surface area contributed by atoms with Crippen molar-refractivity contribution in [2.75, 3.05) is 0 Å². The SMILES string of the molecule is Cn1c(SCc2ccccc2Oc2ccccc2)nnc1-c1ccc(Cl)cc1. The lowest BCUT2D eigenvalue weighted by atomic mass is 10.2. The highest BCUT2D eigenvalue weighted by Crippen LogP contribution is 2.31. The van der Waals surface area contributed by atoms with Gasteiger partial charge in [0.05, 0.1) is 0 Å². The summed E-state index contributed by atoms with van der Waals surface area (Å²) in [6.07, 6.45) is 0. The number of rotatable bonds is 6. The second-order valence-corrected chi connectivity index (χ2v) is 7.56. The third kappa shape index (κ3) is 4.21. The minimum Gasteiger partial charge on any atom is -0.457 e. The number of hydrogen-bond acceptors (Lipinski definition) is 4. The minimum atomic E-state index is 0.704. The van der Waals surface area contributed by atoms with Gasteiger partial charge in [0.1, 0.15) is 11.5 Å². The lowest BCUT2D eigenvalue weighted by Crippen LogP contribution is -1.96. The number of thioether (sulfide) groups is 1. The predicted molar refractivity (Wildman–Crippen MR) is 114 cm³/mol. The zero-order chi connectivity index (χ0) is 19.3. The summed E-state index contributed by atoms with van der Waals surface area (Å²) in [4.78, 5) is 0. The van der Waals surface area contributed by atoms with Crippen molar-refractivity contribution in [2.45, 2.75) is 10.9 Å². The molecule has 0 radical (unpaired) electrons. The Kier molecular flexibility index (Phi) is 5.65. The fourth-order valence-electron chi connectivity index (χ4n) is 2.77. The van der Waals surface area contributed by atoms with E-state index in [9.17, 15) is 0 Å². The number of aromatic nitrogens is 3. The summed E-state index contributed by atoms with van der Waals surface area (Å²) in [6, 6.07) is 25.5. The molecule has 3 aromatic carbocycles. The normalized spacial score (nSPS) is 10.8. The van der Waals surface area contributed by atoms with Gasteiger partial charge in [0.2, 0.25) is 0 Å². The first-order valence-electron chi connectivity index (χ1n) is 8.79. The molecule has 0 amide bonds. The molecule has 0 aliphatic rings. The fourth-order valence-corrected chi connectivity index (χ4v) is 3.80. The monoisotopic (exact) mass is 407 g/mol. The van der Waals surface area contributed by atoms with Crippen LogP contribution in [0.5, 0.6) is 11.5 Å². The second kappa shape index (κ2) is 8.50. The Morgan fingerprint density at radius 1 is 0.893 bits per heavy atom. The van der Waals surface area contributed by atoms with E-state index in [0.717, 1.165) is 39.4 Å². The van der Waals surface area contributed by atoms with Crippen molar-refractivity contribution in [3.8, 4) is 22.9 Å². The zero-order valence-electron chi connectivity index (χ0n) is 15.2. The van der Waals surface area contributed by atoms with Gasteiger partial charge in [-0.3, -0.25) is 0 Å². The molecule has 0 aliphatic heterocycles. The van der Waals surface area contributed by atoms with Gasteiger partial charge in [0.15, 0.2) is 11.0 Å². The van der Waals surface area contributed by atoms with Gasteiger partial charge >= 0.3 is 0 Å². The standard InChI is InChI=1S/C22H18ClN3OS/c1-26-21(16-11-13-18(23)14-12-16)24-25-22(26)28-15-17-7-5-6-10-20(17)27-19-8-3-2-4-9-19/h2-14H,15H2,1H3. The third-order valence-electron chi connectivity index (χ3n) is 4.24. The Morgan fingerprint density at radius 2 is 1.61 bits per heavy atom. The zero-order valence-corrected chi connectivity index (χ0v) is 16.8. The maximum absolute atomic E-state index is 6.05. The Hall–Kier alpha value is -2.76. The number of nitrogens with zero attached hydrogens (tertiary/aromatic N) is 3. The predicted octanol–water partition coefficient (Wildman–Crippen LogP) is 6.22. The van der Waals surface area contributed by atoms with Crippen molar-refractivity contribution < 1.29 is 4.74 Å². The van der Waals surface area contributed by atoms with Crippen LogP contribution in [0.1, 0.15) is 5.56 Å². The van der Waals surface area contributed by atoms with Gasteiger partial charge in [0, 0.05) is 29.0 Å². The van der Waals surface area contributed by atoms with Crippen LogP contribution in [0.3, 0.4) is 0 Å². The molecule has 0 spiro atoms. The molecule has 4 aromatic rings. The van der Waals surface area contributed by atoms with E-state index in [1.165, 1.54) is 0 Å². The van der Waals surface area contributed by atoms with Crippen LogP contribution in [-0.2, 0) is 12.8 Å². The summed E-state index contributed by atoms with van der Waals surface area (Å²) in [5.41, 5.74) is 2.09. The minimum absolute atomic E-state index is 0.704. The van der Waals surface area contributed by atoms with Crippen LogP contribution in [0, 0.1) is 0 Å². The van der Waals surface area contributed by atoms with Gasteiger partial charge < -0.3 is 9.30 Å². The van der Waals surface area contributed by atoms with Gasteiger partial charge in [-0.25, -0.2) is 0 Å². The molecular weight excluding hydrogens is 390 g/mol. The van der Waals surface area contributed by atoms with Crippen LogP contribution in [0.2, 0.25) is 5.02 Å². The highest BCUT2D eigenvalue weighted by molar-refractivity contribution is 7.98. The van der Waals surface area contributed by atoms with Crippen molar-refractivity contribution in [2.24, 2.45) is 7.05 Å². The van der Waals surface area contributed by atoms with Crippen LogP contribution in [0.25, 0.3) is 11.4 Å². The molecule has 0 atom stereocenters. The molecule has 4 nitrogen and oxygen atoms in total. The molecule has 28 heavy (non-hydrogen) atoms. The summed E-state index contributed by atoms with van der Waals surface area (Å²) >= 11 is 7.60. The fraction of sp³-hybridized carbons (Fsp3) is 0.0909. The molecule has 1 aromatic heterocycles. The molecule has 0 saturated carbocycles. The maximum Gasteiger partial charge on any atom is 0.191 e. The average molecular weight is 408 g/mol. The highest BCUT2D eigenvalue weighted by atomic mass is 35.5. The first-order chi connectivity index (χ1) is 13.7. The topological polar surface area (TPSA) is 39.9 Å². The molecule has 6 heteroatoms. The molecule has 0 aliphatic carbocycles. The van der Waals surface area contributed by atoms with E-state index in [2.05, 4.69) is 16.3 Å². The van der Waals surface area contributed by atoms with Crippen LogP contribution >= 0.6 is 23.4 Å². The van der Waals surface area contributed by atoms with Crippen molar-refractivity contribution in [3.63, 3.8) is 0 Å². The summed E-state index contributed by atoms with van der Waals surface area (Å²) in [7, 11) is 1.97. The molecule has 0 fully saturated rings. The van der Waals surface area contributed by atoms with E-state index >= 15 is 0 Å². The number of para-hydroxylation sites is 2. The average Bonchev–Trinajstić information content (AvgIpc) is 3.09. The maximum atomic E-state index is 6.05. The third-order valence-corrected chi connectivity index (χ3v) is 5.56. The van der Waals surface area contributed by atoms with Crippen LogP contribution in [-0.4, -0.2) is 14.8 Å². The van der Waals surface area contributed by atoms with Crippen molar-refractivity contribution in [3.05, 3.63) is 89.4 Å². The van der Waals surface area contributed by atoms with Gasteiger partial charge in [0.25, 0.3) is 0 Å². The smallest absolute Gasteiger partial charge is 0.191 e. The Bertz CT molecular complexity index is 1060. The number of hydrogen-bond donors (Lipinski definition) is 0. The van der Waals surface area contributed by atoms with Gasteiger partial charge in [-0.05, 0) is 42.5 Å². The van der Waals surface area contributed by atoms with E-state index in [-0.39, 0.29) is 0 Å². The molecule has 4 rings (SSSR count). The van der Waals surface area contributed by atoms with Crippen molar-refractivity contribution >= 4 is 23.4 Å². The Balaban J connectivity index is 1.50. The van der Waals surface area contributed by atoms with E-state index in [0.29, 0.717) is 5.02 Å². The number of halogens is 1. The Labute approximate surface area is 173 Å². The van der Waals surface area contributed by atoms with Gasteiger partial charge in [-0.1, -0.05) is 59.8 Å². The molecule has 1 heterocycles. The Morgan fingerprint density at radius 3 is 2.39 bits per heavy atom. The van der Waals surface area contributed by atoms with Crippen molar-refractivity contribution in [1.82, 2.24) is 14.8 Å². The number of ether oxygens (including phenoxy) is 1. The summed E-state index contributed by atoms with van der Waals surface area (Å²) < 4.78 is 8.04. The van der Waals surface area contributed by atoms with Crippen LogP contribution < -0.4 is 4.74 Å². The van der Waals surface area contributed by atoms with E-state index in [1.807, 2.05) is 84.4 Å². The van der Waals surface area contributed by atoms with E-state index in [4.69, 9.17) is 16.3 Å². The lowest BCUT2D eigenvalue weighted by molar-refractivity contribution is 0.478. The molecular formula is C22H18ClN3OS. The molecule has 140 valence electrons. The largest absolute Gasteiger partial charge is 0.457 e. The van der Waals surface area contributed by atoms with Gasteiger partial charge in [-0.15, -0.1) is 10.2 Å². The molecule has 0 N–H and O–H groups in total. The van der Waals surface area contributed by atoms with E-state index in [1.54, 1.807) is 11.8 Å². The molecule has 0 saturated heterocycles. The van der Waals surface area contributed by atoms with Gasteiger partial charge in [-0.2, -0.15) is 0 Å². The quantitative estimate of drug-likeness (QED) is 0.356. The first kappa shape index (κ1) is 18.6. The first-order valence-corrected chi connectivity index (χ1v) is 10.2. The van der Waals surface area contributed by atoms with E-state index < -0.39 is 0 Å².